The van der Waals surface area contributed by atoms with Crippen molar-refractivity contribution in [2.45, 2.75) is 38.4 Å². The number of nitrogens with zero attached hydrogens (tertiary/aromatic N) is 2. The van der Waals surface area contributed by atoms with Crippen molar-refractivity contribution in [1.29, 1.82) is 0 Å². The maximum atomic E-state index is 14.8. The van der Waals surface area contributed by atoms with Crippen LogP contribution in [0.3, 0.4) is 0 Å². The lowest BCUT2D eigenvalue weighted by Gasteiger charge is -2.37. The Labute approximate surface area is 331 Å². The fourth-order valence-corrected chi connectivity index (χ4v) is 9.05. The van der Waals surface area contributed by atoms with Crippen LogP contribution in [0.1, 0.15) is 69.0 Å². The molecule has 1 saturated heterocycles. The summed E-state index contributed by atoms with van der Waals surface area (Å²) in [7, 11) is -1.27. The lowest BCUT2D eigenvalue weighted by molar-refractivity contribution is -0.255. The Morgan fingerprint density at radius 3 is 1.74 bits per heavy atom. The van der Waals surface area contributed by atoms with Crippen LogP contribution < -0.4 is 0 Å². The molecule has 10 nitrogen and oxygen atoms in total. The first kappa shape index (κ1) is 40.5. The first-order valence-electron chi connectivity index (χ1n) is 18.7. The van der Waals surface area contributed by atoms with E-state index in [1.165, 1.54) is 0 Å². The molecule has 2 amide bonds. The monoisotopic (exact) mass is 784 g/mol. The summed E-state index contributed by atoms with van der Waals surface area (Å²) in [6.07, 6.45) is 1.24. The maximum absolute atomic E-state index is 14.8. The highest BCUT2D eigenvalue weighted by Crippen LogP contribution is 2.55. The highest BCUT2D eigenvalue weighted by atomic mass is 31.2. The highest BCUT2D eigenvalue weighted by Gasteiger charge is 2.37. The van der Waals surface area contributed by atoms with E-state index in [0.29, 0.717) is 42.6 Å². The van der Waals surface area contributed by atoms with Crippen molar-refractivity contribution in [2.24, 2.45) is 0 Å². The summed E-state index contributed by atoms with van der Waals surface area (Å²) < 4.78 is 14.0. The number of likely N-dealkylation sites (tertiary alicyclic amines) is 1. The van der Waals surface area contributed by atoms with Gasteiger partial charge < -0.3 is 14.4 Å². The van der Waals surface area contributed by atoms with Gasteiger partial charge in [0.2, 0.25) is 0 Å². The van der Waals surface area contributed by atoms with E-state index >= 15 is 0 Å². The second-order valence-corrected chi connectivity index (χ2v) is 18.1. The van der Waals surface area contributed by atoms with Crippen LogP contribution in [-0.2, 0) is 23.9 Å². The zero-order valence-electron chi connectivity index (χ0n) is 32.6. The minimum absolute atomic E-state index is 0.0105. The normalized spacial score (nSPS) is 13.7. The van der Waals surface area contributed by atoms with Gasteiger partial charge in [0.05, 0.1) is 12.7 Å². The van der Waals surface area contributed by atoms with Crippen LogP contribution in [0.2, 0.25) is 0 Å². The fraction of sp³-hybridized carbons (Fsp3) is 0.239. The zero-order chi connectivity index (χ0) is 40.9. The first-order valence-corrected chi connectivity index (χ1v) is 21.4. The summed E-state index contributed by atoms with van der Waals surface area (Å²) in [5.41, 5.74) is 1.03. The summed E-state index contributed by atoms with van der Waals surface area (Å²) in [4.78, 5) is 73.5. The average Bonchev–Trinajstić information content (AvgIpc) is 3.21. The molecule has 6 aromatic carbocycles. The number of amides is 2. The number of carbonyl (C=O) groups excluding carboxylic acids is 5. The van der Waals surface area contributed by atoms with Crippen molar-refractivity contribution in [2.75, 3.05) is 33.5 Å². The van der Waals surface area contributed by atoms with Gasteiger partial charge in [-0.15, -0.1) is 0 Å². The van der Waals surface area contributed by atoms with Crippen LogP contribution in [0.5, 0.6) is 0 Å². The van der Waals surface area contributed by atoms with E-state index in [-0.39, 0.29) is 29.2 Å². The molecule has 292 valence electrons. The lowest BCUT2D eigenvalue weighted by atomic mass is 9.91. The molecule has 11 heteroatoms. The molecule has 1 atom stereocenters. The van der Waals surface area contributed by atoms with Crippen LogP contribution >= 0.6 is 7.14 Å². The largest absolute Gasteiger partial charge is 0.352 e. The van der Waals surface area contributed by atoms with E-state index in [4.69, 9.17) is 0 Å². The average molecular weight is 785 g/mol. The van der Waals surface area contributed by atoms with E-state index < -0.39 is 24.7 Å². The first-order chi connectivity index (χ1) is 27.2. The molecule has 0 aliphatic carbocycles. The van der Waals surface area contributed by atoms with Crippen LogP contribution in [0, 0.1) is 0 Å². The van der Waals surface area contributed by atoms with Gasteiger partial charge in [-0.1, -0.05) is 97.1 Å². The molecule has 0 saturated carbocycles. The highest BCUT2D eigenvalue weighted by molar-refractivity contribution is 7.63. The maximum Gasteiger partial charge on any atom is 0.352 e. The molecule has 1 unspecified atom stereocenters. The minimum atomic E-state index is -3.05. The summed E-state index contributed by atoms with van der Waals surface area (Å²) in [6, 6.07) is 38.5. The van der Waals surface area contributed by atoms with Crippen LogP contribution in [0.25, 0.3) is 32.3 Å². The molecule has 7 rings (SSSR count). The van der Waals surface area contributed by atoms with Crippen LogP contribution in [0.4, 0.5) is 0 Å². The number of Topliss-reactive ketones (excluding diaryl/α,β-unsaturated/α-hetero) is 1. The second-order valence-electron chi connectivity index (χ2n) is 14.7. The lowest BCUT2D eigenvalue weighted by Crippen LogP contribution is -2.47. The molecule has 1 aliphatic heterocycles. The van der Waals surface area contributed by atoms with E-state index in [1.807, 2.05) is 114 Å². The molecule has 1 heterocycles. The van der Waals surface area contributed by atoms with Crippen LogP contribution in [-0.4, -0.2) is 78.8 Å². The fourth-order valence-electron chi connectivity index (χ4n) is 7.45. The molecule has 0 spiro atoms. The number of ketones is 1. The van der Waals surface area contributed by atoms with Gasteiger partial charge in [-0.05, 0) is 88.3 Å². The zero-order valence-corrected chi connectivity index (χ0v) is 33.5. The van der Waals surface area contributed by atoms with Gasteiger partial charge in [0.25, 0.3) is 11.8 Å². The molecule has 0 aromatic heterocycles. The quantitative estimate of drug-likeness (QED) is 0.0679. The predicted molar refractivity (Wildman–Crippen MR) is 223 cm³/mol. The number of hydrogen-bond acceptors (Lipinski definition) is 8. The third-order valence-electron chi connectivity index (χ3n) is 10.3. The number of rotatable bonds is 7. The van der Waals surface area contributed by atoms with E-state index in [9.17, 15) is 28.5 Å². The molecule has 0 bridgehead atoms. The summed E-state index contributed by atoms with van der Waals surface area (Å²) >= 11 is 0. The van der Waals surface area contributed by atoms with Crippen molar-refractivity contribution in [3.63, 3.8) is 0 Å². The number of piperidine rings is 1. The molecule has 1 aliphatic rings. The Morgan fingerprint density at radius 2 is 1.16 bits per heavy atom. The molecule has 0 N–H and O–H groups in total. The van der Waals surface area contributed by atoms with E-state index in [2.05, 4.69) is 9.78 Å². The summed E-state index contributed by atoms with van der Waals surface area (Å²) in [6.45, 7) is 6.63. The standard InChI is InChI=1S/C42H39N2O4P.C4H6O4/c1-43(34-21-23-44(24-22-34)41(46)33-20-19-28-11-4-5-13-30(28)25-33)42(47)38-27-32-15-7-6-14-31(32)26-37(38)39(45)40(49(2,3)48)36-18-10-16-29-12-8-9-17-35(29)36;1-3(5)7-8-4(2)6/h4-20,25-27,34,40H,21-24H2,1-3H3;1-2H3. The number of benzene rings is 6. The smallest absolute Gasteiger partial charge is 0.339 e. The van der Waals surface area contributed by atoms with Gasteiger partial charge >= 0.3 is 11.9 Å². The third kappa shape index (κ3) is 9.30. The molecular weight excluding hydrogens is 739 g/mol. The van der Waals surface area contributed by atoms with Gasteiger partial charge in [-0.25, -0.2) is 19.4 Å². The predicted octanol–water partition coefficient (Wildman–Crippen LogP) is 9.10. The Hall–Kier alpha value is -6.12. The van der Waals surface area contributed by atoms with E-state index in [1.54, 1.807) is 37.4 Å². The van der Waals surface area contributed by atoms with Crippen molar-refractivity contribution >= 4 is 69.0 Å². The van der Waals surface area contributed by atoms with Gasteiger partial charge in [-0.3, -0.25) is 14.4 Å². The molecular formula is C46H45N2O8P. The van der Waals surface area contributed by atoms with Gasteiger partial charge in [0.1, 0.15) is 5.66 Å². The summed E-state index contributed by atoms with van der Waals surface area (Å²) in [5, 5.41) is 5.65. The van der Waals surface area contributed by atoms with Crippen molar-refractivity contribution in [3.8, 4) is 0 Å². The molecule has 57 heavy (non-hydrogen) atoms. The molecule has 1 fully saturated rings. The second kappa shape index (κ2) is 17.3. The molecule has 6 aromatic rings. The van der Waals surface area contributed by atoms with Crippen molar-refractivity contribution in [3.05, 3.63) is 144 Å². The number of carbonyl (C=O) groups is 5. The Kier molecular flexibility index (Phi) is 12.3. The Bertz CT molecular complexity index is 2530. The van der Waals surface area contributed by atoms with Crippen molar-refractivity contribution < 1.29 is 38.3 Å². The SMILES string of the molecule is CC(=O)OOC(C)=O.CN(C(=O)c1cc2ccccc2cc1C(=O)C(c1cccc2ccccc12)P(C)(C)=O)C1CCN(C(=O)c2ccc3ccccc3c2)CC1. The minimum Gasteiger partial charge on any atom is -0.339 e. The summed E-state index contributed by atoms with van der Waals surface area (Å²) in [5.74, 6) is -1.86. The number of fused-ring (bicyclic) bond motifs is 3. The Morgan fingerprint density at radius 1 is 0.649 bits per heavy atom. The van der Waals surface area contributed by atoms with Gasteiger partial charge in [0, 0.05) is 51.2 Å². The number of hydrogen-bond donors (Lipinski definition) is 0. The topological polar surface area (TPSA) is 127 Å². The van der Waals surface area contributed by atoms with Crippen LogP contribution in [0.15, 0.2) is 121 Å². The Balaban J connectivity index is 0.000000622. The van der Waals surface area contributed by atoms with E-state index in [0.717, 1.165) is 46.2 Å². The van der Waals surface area contributed by atoms with Gasteiger partial charge in [-0.2, -0.15) is 0 Å². The van der Waals surface area contributed by atoms with Gasteiger partial charge in [0.15, 0.2) is 5.78 Å². The van der Waals surface area contributed by atoms with Crippen molar-refractivity contribution in [1.82, 2.24) is 9.80 Å². The molecule has 0 radical (unpaired) electrons. The third-order valence-corrected chi connectivity index (χ3v) is 12.0.